The molecular formula is C25H24N4O3S. The maximum atomic E-state index is 13.1. The molecule has 0 radical (unpaired) electrons. The fourth-order valence-corrected chi connectivity index (χ4v) is 3.95. The summed E-state index contributed by atoms with van der Waals surface area (Å²) >= 11 is 0. The fourth-order valence-electron chi connectivity index (χ4n) is 3.44. The van der Waals surface area contributed by atoms with Gasteiger partial charge in [0.1, 0.15) is 5.69 Å². The Balaban J connectivity index is 1.57. The molecule has 0 atom stereocenters. The SMILES string of the molecule is Cc1ccc(-c2nn(Cc3ccccc3)cc2C(=O)NCc2ccc(S(N)(=O)=O)cc2)cc1. The third-order valence-electron chi connectivity index (χ3n) is 5.22. The van der Waals surface area contributed by atoms with Crippen LogP contribution in [0.2, 0.25) is 0 Å². The van der Waals surface area contributed by atoms with Gasteiger partial charge in [-0.2, -0.15) is 5.10 Å². The van der Waals surface area contributed by atoms with E-state index in [0.29, 0.717) is 17.8 Å². The van der Waals surface area contributed by atoms with Crippen molar-refractivity contribution in [2.75, 3.05) is 0 Å². The summed E-state index contributed by atoms with van der Waals surface area (Å²) in [5, 5.41) is 12.7. The first kappa shape index (κ1) is 22.4. The predicted octanol–water partition coefficient (Wildman–Crippen LogP) is 3.48. The number of hydrogen-bond acceptors (Lipinski definition) is 4. The van der Waals surface area contributed by atoms with Crippen molar-refractivity contribution in [1.82, 2.24) is 15.1 Å². The van der Waals surface area contributed by atoms with Gasteiger partial charge in [0.15, 0.2) is 0 Å². The second kappa shape index (κ2) is 9.40. The number of primary sulfonamides is 1. The van der Waals surface area contributed by atoms with E-state index in [-0.39, 0.29) is 17.3 Å². The van der Waals surface area contributed by atoms with Crippen LogP contribution in [0.4, 0.5) is 0 Å². The first-order valence-electron chi connectivity index (χ1n) is 10.4. The van der Waals surface area contributed by atoms with Gasteiger partial charge in [0.25, 0.3) is 5.91 Å². The van der Waals surface area contributed by atoms with E-state index < -0.39 is 10.0 Å². The van der Waals surface area contributed by atoms with Crippen molar-refractivity contribution in [3.8, 4) is 11.3 Å². The van der Waals surface area contributed by atoms with Crippen molar-refractivity contribution in [1.29, 1.82) is 0 Å². The lowest BCUT2D eigenvalue weighted by atomic mass is 10.1. The van der Waals surface area contributed by atoms with Crippen LogP contribution >= 0.6 is 0 Å². The molecule has 1 aromatic heterocycles. The number of sulfonamides is 1. The molecule has 8 heteroatoms. The molecule has 0 spiro atoms. The van der Waals surface area contributed by atoms with Gasteiger partial charge in [-0.15, -0.1) is 0 Å². The minimum absolute atomic E-state index is 0.0291. The number of rotatable bonds is 7. The molecule has 1 amide bonds. The second-order valence-electron chi connectivity index (χ2n) is 7.81. The highest BCUT2D eigenvalue weighted by Crippen LogP contribution is 2.23. The predicted molar refractivity (Wildman–Crippen MR) is 127 cm³/mol. The zero-order valence-electron chi connectivity index (χ0n) is 18.1. The number of amides is 1. The Morgan fingerprint density at radius 3 is 2.24 bits per heavy atom. The van der Waals surface area contributed by atoms with Gasteiger partial charge in [0, 0.05) is 18.3 Å². The monoisotopic (exact) mass is 460 g/mol. The van der Waals surface area contributed by atoms with Crippen LogP contribution in [0, 0.1) is 6.92 Å². The summed E-state index contributed by atoms with van der Waals surface area (Å²) in [5.41, 5.74) is 4.89. The van der Waals surface area contributed by atoms with Gasteiger partial charge in [-0.25, -0.2) is 13.6 Å². The van der Waals surface area contributed by atoms with E-state index in [2.05, 4.69) is 5.32 Å². The summed E-state index contributed by atoms with van der Waals surface area (Å²) in [6, 6.07) is 23.9. The highest BCUT2D eigenvalue weighted by molar-refractivity contribution is 7.89. The number of nitrogens with two attached hydrogens (primary N) is 1. The zero-order chi connectivity index (χ0) is 23.4. The minimum Gasteiger partial charge on any atom is -0.348 e. The Hall–Kier alpha value is -3.75. The average Bonchev–Trinajstić information content (AvgIpc) is 3.22. The van der Waals surface area contributed by atoms with Crippen molar-refractivity contribution in [2.24, 2.45) is 5.14 Å². The molecule has 0 bridgehead atoms. The molecule has 0 unspecified atom stereocenters. The van der Waals surface area contributed by atoms with Crippen molar-refractivity contribution in [2.45, 2.75) is 24.9 Å². The molecule has 168 valence electrons. The summed E-state index contributed by atoms with van der Waals surface area (Å²) in [4.78, 5) is 13.1. The third-order valence-corrected chi connectivity index (χ3v) is 6.15. The molecule has 3 aromatic carbocycles. The lowest BCUT2D eigenvalue weighted by Crippen LogP contribution is -2.23. The second-order valence-corrected chi connectivity index (χ2v) is 9.37. The average molecular weight is 461 g/mol. The van der Waals surface area contributed by atoms with E-state index in [1.807, 2.05) is 61.5 Å². The molecule has 0 saturated heterocycles. The van der Waals surface area contributed by atoms with Crippen LogP contribution < -0.4 is 10.5 Å². The number of nitrogens with one attached hydrogen (secondary N) is 1. The maximum Gasteiger partial charge on any atom is 0.255 e. The lowest BCUT2D eigenvalue weighted by molar-refractivity contribution is 0.0951. The fraction of sp³-hybridized carbons (Fsp3) is 0.120. The van der Waals surface area contributed by atoms with Gasteiger partial charge in [0.2, 0.25) is 10.0 Å². The van der Waals surface area contributed by atoms with Crippen LogP contribution in [0.1, 0.15) is 27.0 Å². The highest BCUT2D eigenvalue weighted by Gasteiger charge is 2.18. The zero-order valence-corrected chi connectivity index (χ0v) is 18.9. The molecule has 4 aromatic rings. The highest BCUT2D eigenvalue weighted by atomic mass is 32.2. The van der Waals surface area contributed by atoms with Gasteiger partial charge in [-0.05, 0) is 30.2 Å². The molecule has 7 nitrogen and oxygen atoms in total. The first-order valence-corrected chi connectivity index (χ1v) is 11.9. The Labute approximate surface area is 192 Å². The molecule has 0 aliphatic rings. The van der Waals surface area contributed by atoms with E-state index in [1.165, 1.54) is 12.1 Å². The number of aromatic nitrogens is 2. The largest absolute Gasteiger partial charge is 0.348 e. The molecule has 0 aliphatic carbocycles. The van der Waals surface area contributed by atoms with Crippen LogP contribution in [0.3, 0.4) is 0 Å². The Morgan fingerprint density at radius 2 is 1.61 bits per heavy atom. The van der Waals surface area contributed by atoms with Crippen molar-refractivity contribution in [3.05, 3.63) is 107 Å². The maximum absolute atomic E-state index is 13.1. The molecule has 1 heterocycles. The smallest absolute Gasteiger partial charge is 0.255 e. The van der Waals surface area contributed by atoms with Gasteiger partial charge < -0.3 is 5.32 Å². The third kappa shape index (κ3) is 5.54. The number of aryl methyl sites for hydroxylation is 1. The molecular weight excluding hydrogens is 436 g/mol. The number of hydrogen-bond donors (Lipinski definition) is 2. The first-order chi connectivity index (χ1) is 15.8. The molecule has 0 saturated carbocycles. The number of carbonyl (C=O) groups is 1. The van der Waals surface area contributed by atoms with E-state index in [0.717, 1.165) is 22.3 Å². The van der Waals surface area contributed by atoms with Gasteiger partial charge in [-0.1, -0.05) is 72.3 Å². The Bertz CT molecular complexity index is 1360. The van der Waals surface area contributed by atoms with Crippen LogP contribution in [-0.4, -0.2) is 24.1 Å². The topological polar surface area (TPSA) is 107 Å². The summed E-state index contributed by atoms with van der Waals surface area (Å²) < 4.78 is 24.6. The van der Waals surface area contributed by atoms with Crippen molar-refractivity contribution >= 4 is 15.9 Å². The van der Waals surface area contributed by atoms with Crippen LogP contribution in [0.5, 0.6) is 0 Å². The van der Waals surface area contributed by atoms with Gasteiger partial charge in [-0.3, -0.25) is 9.48 Å². The standard InChI is InChI=1S/C25H24N4O3S/c1-18-7-11-21(12-8-18)24-23(17-29(28-24)16-20-5-3-2-4-6-20)25(30)27-15-19-9-13-22(14-10-19)33(26,31)32/h2-14,17H,15-16H2,1H3,(H,27,30)(H2,26,31,32). The molecule has 4 rings (SSSR count). The Kier molecular flexibility index (Phi) is 6.39. The minimum atomic E-state index is -3.75. The van der Waals surface area contributed by atoms with E-state index in [9.17, 15) is 13.2 Å². The normalized spacial score (nSPS) is 11.3. The number of carbonyl (C=O) groups excluding carboxylic acids is 1. The molecule has 33 heavy (non-hydrogen) atoms. The Morgan fingerprint density at radius 1 is 0.939 bits per heavy atom. The molecule has 3 N–H and O–H groups in total. The van der Waals surface area contributed by atoms with Crippen LogP contribution in [0.25, 0.3) is 11.3 Å². The summed E-state index contributed by atoms with van der Waals surface area (Å²) in [6.07, 6.45) is 1.75. The van der Waals surface area contributed by atoms with Gasteiger partial charge in [0.05, 0.1) is 17.0 Å². The van der Waals surface area contributed by atoms with E-state index in [1.54, 1.807) is 23.0 Å². The summed E-state index contributed by atoms with van der Waals surface area (Å²) in [5.74, 6) is -0.264. The van der Waals surface area contributed by atoms with Crippen LogP contribution in [0.15, 0.2) is 90.0 Å². The van der Waals surface area contributed by atoms with Crippen molar-refractivity contribution in [3.63, 3.8) is 0 Å². The molecule has 0 fully saturated rings. The number of benzene rings is 3. The van der Waals surface area contributed by atoms with E-state index in [4.69, 9.17) is 10.2 Å². The lowest BCUT2D eigenvalue weighted by Gasteiger charge is -2.07. The van der Waals surface area contributed by atoms with Crippen LogP contribution in [-0.2, 0) is 23.1 Å². The van der Waals surface area contributed by atoms with Gasteiger partial charge >= 0.3 is 0 Å². The summed E-state index contributed by atoms with van der Waals surface area (Å²) in [6.45, 7) is 2.79. The van der Waals surface area contributed by atoms with Crippen molar-refractivity contribution < 1.29 is 13.2 Å². The number of nitrogens with zero attached hydrogens (tertiary/aromatic N) is 2. The summed E-state index contributed by atoms with van der Waals surface area (Å²) in [7, 11) is -3.75. The quantitative estimate of drug-likeness (QED) is 0.440. The van der Waals surface area contributed by atoms with E-state index >= 15 is 0 Å². The molecule has 0 aliphatic heterocycles.